The highest BCUT2D eigenvalue weighted by molar-refractivity contribution is 8.13. The standard InChI is InChI=1S/C14H17NOS.C6H11NO2/c1-3-17-14(16)10(2)8-11-9-15-13-7-5-4-6-12(11)13;1-5(8)3-2-4-6(7)9/h4-7,9-10,15H,3,8H2,1-2H3;2-4H2,1H3,(H2,7,9). The number of aromatic nitrogens is 1. The zero-order valence-electron chi connectivity index (χ0n) is 15.7. The van der Waals surface area contributed by atoms with Crippen LogP contribution in [0.1, 0.15) is 45.6 Å². The van der Waals surface area contributed by atoms with Crippen LogP contribution in [0.25, 0.3) is 10.9 Å². The zero-order chi connectivity index (χ0) is 19.5. The number of hydrogen-bond donors (Lipinski definition) is 2. The van der Waals surface area contributed by atoms with Gasteiger partial charge >= 0.3 is 0 Å². The molecule has 0 saturated heterocycles. The Kier molecular flexibility index (Phi) is 9.73. The number of primary amides is 1. The predicted molar refractivity (Wildman–Crippen MR) is 108 cm³/mol. The number of fused-ring (bicyclic) bond motifs is 1. The van der Waals surface area contributed by atoms with Gasteiger partial charge in [-0.2, -0.15) is 0 Å². The lowest BCUT2D eigenvalue weighted by Gasteiger charge is -2.08. The maximum absolute atomic E-state index is 11.8. The fourth-order valence-corrected chi connectivity index (χ4v) is 3.16. The van der Waals surface area contributed by atoms with Crippen molar-refractivity contribution in [1.29, 1.82) is 0 Å². The first-order chi connectivity index (χ1) is 12.3. The number of para-hydroxylation sites is 1. The number of thioether (sulfide) groups is 1. The molecule has 0 aliphatic carbocycles. The van der Waals surface area contributed by atoms with Gasteiger partial charge in [0.05, 0.1) is 0 Å². The largest absolute Gasteiger partial charge is 0.370 e. The van der Waals surface area contributed by atoms with E-state index in [0.717, 1.165) is 17.7 Å². The number of rotatable bonds is 8. The molecule has 2 aromatic rings. The van der Waals surface area contributed by atoms with Crippen LogP contribution in [0.5, 0.6) is 0 Å². The van der Waals surface area contributed by atoms with Gasteiger partial charge in [-0.1, -0.05) is 43.8 Å². The van der Waals surface area contributed by atoms with Crippen molar-refractivity contribution in [2.45, 2.75) is 46.5 Å². The number of nitrogens with two attached hydrogens (primary N) is 1. The van der Waals surface area contributed by atoms with Crippen LogP contribution in [-0.2, 0) is 20.8 Å². The summed E-state index contributed by atoms with van der Waals surface area (Å²) in [5.41, 5.74) is 7.21. The normalized spacial score (nSPS) is 11.5. The molecule has 0 saturated carbocycles. The quantitative estimate of drug-likeness (QED) is 0.731. The molecular weight excluding hydrogens is 348 g/mol. The molecule has 0 radical (unpaired) electrons. The molecule has 0 bridgehead atoms. The van der Waals surface area contributed by atoms with Gasteiger partial charge in [0.1, 0.15) is 5.78 Å². The first-order valence-electron chi connectivity index (χ1n) is 8.84. The Morgan fingerprint density at radius 2 is 1.88 bits per heavy atom. The SMILES string of the molecule is CC(=O)CCCC(N)=O.CCSC(=O)C(C)Cc1c[nH]c2ccccc12. The maximum atomic E-state index is 11.8. The topological polar surface area (TPSA) is 93.0 Å². The summed E-state index contributed by atoms with van der Waals surface area (Å²) in [5, 5.41) is 1.52. The van der Waals surface area contributed by atoms with E-state index in [-0.39, 0.29) is 22.7 Å². The molecule has 0 fully saturated rings. The number of aromatic amines is 1. The van der Waals surface area contributed by atoms with Crippen molar-refractivity contribution in [2.24, 2.45) is 11.7 Å². The van der Waals surface area contributed by atoms with Crippen molar-refractivity contribution in [3.8, 4) is 0 Å². The van der Waals surface area contributed by atoms with Gasteiger partial charge in [-0.05, 0) is 37.1 Å². The van der Waals surface area contributed by atoms with Gasteiger partial charge in [0.15, 0.2) is 5.12 Å². The Morgan fingerprint density at radius 1 is 1.19 bits per heavy atom. The number of carbonyl (C=O) groups excluding carboxylic acids is 3. The van der Waals surface area contributed by atoms with Crippen molar-refractivity contribution in [2.75, 3.05) is 5.75 Å². The van der Waals surface area contributed by atoms with E-state index in [2.05, 4.69) is 17.1 Å². The minimum absolute atomic E-state index is 0.0826. The first-order valence-corrected chi connectivity index (χ1v) is 9.83. The lowest BCUT2D eigenvalue weighted by molar-refractivity contribution is -0.119. The van der Waals surface area contributed by atoms with Crippen molar-refractivity contribution in [1.82, 2.24) is 4.98 Å². The number of ketones is 1. The predicted octanol–water partition coefficient (Wildman–Crippen LogP) is 3.86. The summed E-state index contributed by atoms with van der Waals surface area (Å²) < 4.78 is 0. The van der Waals surface area contributed by atoms with E-state index in [1.165, 1.54) is 29.6 Å². The maximum Gasteiger partial charge on any atom is 0.217 e. The number of H-pyrrole nitrogens is 1. The Balaban J connectivity index is 0.000000321. The minimum atomic E-state index is -0.337. The van der Waals surface area contributed by atoms with Crippen molar-refractivity contribution >= 4 is 39.5 Å². The number of amides is 1. The average Bonchev–Trinajstić information content (AvgIpc) is 2.98. The third-order valence-electron chi connectivity index (χ3n) is 3.84. The van der Waals surface area contributed by atoms with Gasteiger partial charge in [-0.3, -0.25) is 9.59 Å². The fourth-order valence-electron chi connectivity index (χ4n) is 2.51. The molecule has 0 aliphatic rings. The van der Waals surface area contributed by atoms with E-state index in [1.807, 2.05) is 32.2 Å². The van der Waals surface area contributed by atoms with E-state index in [0.29, 0.717) is 19.3 Å². The monoisotopic (exact) mass is 376 g/mol. The number of hydrogen-bond acceptors (Lipinski definition) is 4. The summed E-state index contributed by atoms with van der Waals surface area (Å²) >= 11 is 1.42. The molecule has 2 rings (SSSR count). The summed E-state index contributed by atoms with van der Waals surface area (Å²) in [5.74, 6) is 0.712. The van der Waals surface area contributed by atoms with Crippen molar-refractivity contribution in [3.05, 3.63) is 36.0 Å². The van der Waals surface area contributed by atoms with E-state index in [1.54, 1.807) is 0 Å². The number of benzene rings is 1. The second kappa shape index (κ2) is 11.5. The Hall–Kier alpha value is -2.08. The second-order valence-corrected chi connectivity index (χ2v) is 7.51. The molecule has 0 aliphatic heterocycles. The van der Waals surface area contributed by atoms with Crippen LogP contribution in [0, 0.1) is 5.92 Å². The molecule has 1 atom stereocenters. The highest BCUT2D eigenvalue weighted by atomic mass is 32.2. The van der Waals surface area contributed by atoms with Gasteiger partial charge in [0.25, 0.3) is 0 Å². The molecule has 3 N–H and O–H groups in total. The Morgan fingerprint density at radius 3 is 2.50 bits per heavy atom. The Labute approximate surface area is 159 Å². The highest BCUT2D eigenvalue weighted by Crippen LogP contribution is 2.22. The molecule has 26 heavy (non-hydrogen) atoms. The van der Waals surface area contributed by atoms with Gasteiger partial charge in [0.2, 0.25) is 5.91 Å². The van der Waals surface area contributed by atoms with Crippen LogP contribution in [0.15, 0.2) is 30.5 Å². The molecule has 1 heterocycles. The van der Waals surface area contributed by atoms with Crippen LogP contribution in [0.2, 0.25) is 0 Å². The van der Waals surface area contributed by atoms with E-state index in [4.69, 9.17) is 5.73 Å². The molecule has 6 heteroatoms. The van der Waals surface area contributed by atoms with E-state index >= 15 is 0 Å². The summed E-state index contributed by atoms with van der Waals surface area (Å²) in [4.78, 5) is 35.4. The molecule has 142 valence electrons. The average molecular weight is 377 g/mol. The molecule has 0 spiro atoms. The summed E-state index contributed by atoms with van der Waals surface area (Å²) in [6.45, 7) is 5.52. The van der Waals surface area contributed by atoms with Gasteiger partial charge in [0, 0.05) is 35.9 Å². The Bertz CT molecular complexity index is 725. The molecule has 1 aromatic carbocycles. The summed E-state index contributed by atoms with van der Waals surface area (Å²) in [6.07, 6.45) is 4.20. The van der Waals surface area contributed by atoms with Crippen LogP contribution in [0.4, 0.5) is 0 Å². The van der Waals surface area contributed by atoms with Crippen molar-refractivity contribution in [3.63, 3.8) is 0 Å². The van der Waals surface area contributed by atoms with E-state index in [9.17, 15) is 14.4 Å². The molecule has 1 amide bonds. The summed E-state index contributed by atoms with van der Waals surface area (Å²) in [6, 6.07) is 8.22. The lowest BCUT2D eigenvalue weighted by Crippen LogP contribution is -2.10. The van der Waals surface area contributed by atoms with Gasteiger partial charge in [-0.25, -0.2) is 0 Å². The molecular formula is C20H28N2O3S. The fraction of sp³-hybridized carbons (Fsp3) is 0.450. The second-order valence-electron chi connectivity index (χ2n) is 6.24. The van der Waals surface area contributed by atoms with E-state index < -0.39 is 0 Å². The zero-order valence-corrected chi connectivity index (χ0v) is 16.5. The summed E-state index contributed by atoms with van der Waals surface area (Å²) in [7, 11) is 0. The van der Waals surface area contributed by atoms with Crippen LogP contribution in [-0.4, -0.2) is 27.5 Å². The van der Waals surface area contributed by atoms with Crippen LogP contribution in [0.3, 0.4) is 0 Å². The highest BCUT2D eigenvalue weighted by Gasteiger charge is 2.15. The number of nitrogens with one attached hydrogen (secondary N) is 1. The van der Waals surface area contributed by atoms with Gasteiger partial charge in [-0.15, -0.1) is 0 Å². The third-order valence-corrected chi connectivity index (χ3v) is 4.82. The molecule has 1 unspecified atom stereocenters. The lowest BCUT2D eigenvalue weighted by atomic mass is 10.0. The third kappa shape index (κ3) is 7.87. The molecule has 1 aromatic heterocycles. The van der Waals surface area contributed by atoms with Gasteiger partial charge < -0.3 is 15.5 Å². The number of carbonyl (C=O) groups is 3. The minimum Gasteiger partial charge on any atom is -0.370 e. The van der Waals surface area contributed by atoms with Crippen molar-refractivity contribution < 1.29 is 14.4 Å². The van der Waals surface area contributed by atoms with Crippen LogP contribution >= 0.6 is 11.8 Å². The number of Topliss-reactive ketones (excluding diaryl/α,β-unsaturated/α-hetero) is 1. The molecule has 5 nitrogen and oxygen atoms in total. The smallest absolute Gasteiger partial charge is 0.217 e. The van der Waals surface area contributed by atoms with Crippen LogP contribution < -0.4 is 5.73 Å². The first kappa shape index (κ1) is 22.0.